The summed E-state index contributed by atoms with van der Waals surface area (Å²) in [6, 6.07) is 4.57. The van der Waals surface area contributed by atoms with E-state index in [1.165, 1.54) is 19.2 Å². The summed E-state index contributed by atoms with van der Waals surface area (Å²) in [7, 11) is 1.49. The summed E-state index contributed by atoms with van der Waals surface area (Å²) in [5, 5.41) is 11.6. The largest absolute Gasteiger partial charge is 0.478 e. The van der Waals surface area contributed by atoms with Gasteiger partial charge in [-0.05, 0) is 24.6 Å². The van der Waals surface area contributed by atoms with Crippen molar-refractivity contribution in [2.45, 2.75) is 19.4 Å². The number of carbonyl (C=O) groups is 2. The van der Waals surface area contributed by atoms with E-state index in [9.17, 15) is 9.59 Å². The molecule has 1 atom stereocenters. The van der Waals surface area contributed by atoms with Crippen molar-refractivity contribution in [3.63, 3.8) is 0 Å². The number of hydrogen-bond acceptors (Lipinski definition) is 4. The van der Waals surface area contributed by atoms with Gasteiger partial charge in [0.05, 0.1) is 18.1 Å². The number of aromatic carboxylic acids is 1. The summed E-state index contributed by atoms with van der Waals surface area (Å²) in [6.45, 7) is 2.04. The van der Waals surface area contributed by atoms with Crippen LogP contribution in [0, 0.1) is 6.92 Å². The third kappa shape index (κ3) is 4.35. The molecular formula is C13H18N2O4. The van der Waals surface area contributed by atoms with Crippen molar-refractivity contribution in [1.29, 1.82) is 0 Å². The minimum absolute atomic E-state index is 0.128. The van der Waals surface area contributed by atoms with Crippen LogP contribution < -0.4 is 11.1 Å². The molecule has 0 aromatic heterocycles. The van der Waals surface area contributed by atoms with E-state index >= 15 is 0 Å². The SMILES string of the molecule is COC(CN)CC(=O)Nc1cc(C(=O)O)ccc1C. The Hall–Kier alpha value is -1.92. The monoisotopic (exact) mass is 266 g/mol. The number of methoxy groups -OCH3 is 1. The highest BCUT2D eigenvalue weighted by Crippen LogP contribution is 2.17. The molecule has 0 fully saturated rings. The number of carbonyl (C=O) groups excluding carboxylic acids is 1. The van der Waals surface area contributed by atoms with E-state index in [2.05, 4.69) is 5.32 Å². The van der Waals surface area contributed by atoms with Crippen LogP contribution in [0.25, 0.3) is 0 Å². The number of amides is 1. The topological polar surface area (TPSA) is 102 Å². The lowest BCUT2D eigenvalue weighted by Gasteiger charge is -2.14. The molecule has 19 heavy (non-hydrogen) atoms. The molecule has 1 aromatic rings. The molecule has 6 heteroatoms. The number of anilines is 1. The molecule has 0 aliphatic rings. The van der Waals surface area contributed by atoms with Crippen molar-refractivity contribution < 1.29 is 19.4 Å². The van der Waals surface area contributed by atoms with Gasteiger partial charge in [-0.15, -0.1) is 0 Å². The average Bonchev–Trinajstić information content (AvgIpc) is 2.38. The van der Waals surface area contributed by atoms with Crippen LogP contribution >= 0.6 is 0 Å². The Kier molecular flexibility index (Phi) is 5.47. The van der Waals surface area contributed by atoms with Gasteiger partial charge in [-0.25, -0.2) is 4.79 Å². The van der Waals surface area contributed by atoms with E-state index < -0.39 is 5.97 Å². The number of aryl methyl sites for hydroxylation is 1. The number of nitrogens with two attached hydrogens (primary N) is 1. The Morgan fingerprint density at radius 1 is 1.47 bits per heavy atom. The summed E-state index contributed by atoms with van der Waals surface area (Å²) in [5.74, 6) is -1.30. The number of hydrogen-bond donors (Lipinski definition) is 3. The van der Waals surface area contributed by atoms with E-state index in [-0.39, 0.29) is 30.5 Å². The smallest absolute Gasteiger partial charge is 0.335 e. The predicted octanol–water partition coefficient (Wildman–Crippen LogP) is 0.996. The molecule has 0 spiro atoms. The van der Waals surface area contributed by atoms with Crippen LogP contribution in [-0.2, 0) is 9.53 Å². The van der Waals surface area contributed by atoms with Crippen molar-refractivity contribution in [3.05, 3.63) is 29.3 Å². The maximum Gasteiger partial charge on any atom is 0.335 e. The minimum atomic E-state index is -1.03. The van der Waals surface area contributed by atoms with Gasteiger partial charge in [-0.3, -0.25) is 4.79 Å². The molecule has 0 saturated carbocycles. The molecule has 1 rings (SSSR count). The molecular weight excluding hydrogens is 248 g/mol. The van der Waals surface area contributed by atoms with Gasteiger partial charge < -0.3 is 20.9 Å². The van der Waals surface area contributed by atoms with E-state index in [0.717, 1.165) is 5.56 Å². The molecule has 0 aliphatic carbocycles. The van der Waals surface area contributed by atoms with Crippen LogP contribution in [0.2, 0.25) is 0 Å². The highest BCUT2D eigenvalue weighted by molar-refractivity contribution is 5.94. The van der Waals surface area contributed by atoms with E-state index in [1.54, 1.807) is 13.0 Å². The highest BCUT2D eigenvalue weighted by Gasteiger charge is 2.13. The molecule has 0 saturated heterocycles. The third-order valence-corrected chi connectivity index (χ3v) is 2.77. The van der Waals surface area contributed by atoms with Gasteiger partial charge in [0, 0.05) is 19.3 Å². The molecule has 6 nitrogen and oxygen atoms in total. The molecule has 0 aliphatic heterocycles. The Morgan fingerprint density at radius 3 is 2.68 bits per heavy atom. The standard InChI is InChI=1S/C13H18N2O4/c1-8-3-4-9(13(17)18)5-11(8)15-12(16)6-10(7-14)19-2/h3-5,10H,6-7,14H2,1-2H3,(H,15,16)(H,17,18). The van der Waals surface area contributed by atoms with Gasteiger partial charge in [0.15, 0.2) is 0 Å². The Balaban J connectivity index is 2.78. The fourth-order valence-corrected chi connectivity index (χ4v) is 1.56. The number of carboxylic acid groups (broad SMARTS) is 1. The summed E-state index contributed by atoms with van der Waals surface area (Å²) in [6.07, 6.45) is -0.216. The van der Waals surface area contributed by atoms with E-state index in [4.69, 9.17) is 15.6 Å². The number of rotatable bonds is 6. The second-order valence-corrected chi connectivity index (χ2v) is 4.18. The first-order chi connectivity index (χ1) is 8.97. The first-order valence-corrected chi connectivity index (χ1v) is 5.84. The van der Waals surface area contributed by atoms with Crippen LogP contribution in [0.3, 0.4) is 0 Å². The molecule has 1 aromatic carbocycles. The molecule has 0 bridgehead atoms. The second kappa shape index (κ2) is 6.86. The molecule has 0 heterocycles. The molecule has 4 N–H and O–H groups in total. The van der Waals surface area contributed by atoms with Crippen LogP contribution in [-0.4, -0.2) is 36.7 Å². The first-order valence-electron chi connectivity index (χ1n) is 5.84. The van der Waals surface area contributed by atoms with Gasteiger partial charge in [0.25, 0.3) is 0 Å². The Labute approximate surface area is 111 Å². The van der Waals surface area contributed by atoms with Crippen molar-refractivity contribution in [1.82, 2.24) is 0 Å². The van der Waals surface area contributed by atoms with Crippen LogP contribution in [0.4, 0.5) is 5.69 Å². The summed E-state index contributed by atoms with van der Waals surface area (Å²) in [4.78, 5) is 22.7. The summed E-state index contributed by atoms with van der Waals surface area (Å²) < 4.78 is 5.02. The van der Waals surface area contributed by atoms with Crippen molar-refractivity contribution in [2.75, 3.05) is 19.0 Å². The van der Waals surface area contributed by atoms with E-state index in [1.807, 2.05) is 0 Å². The number of ether oxygens (including phenoxy) is 1. The van der Waals surface area contributed by atoms with Crippen molar-refractivity contribution in [3.8, 4) is 0 Å². The van der Waals surface area contributed by atoms with Gasteiger partial charge in [-0.1, -0.05) is 6.07 Å². The zero-order valence-electron chi connectivity index (χ0n) is 11.0. The zero-order chi connectivity index (χ0) is 14.4. The lowest BCUT2D eigenvalue weighted by molar-refractivity contribution is -0.118. The third-order valence-electron chi connectivity index (χ3n) is 2.77. The number of nitrogens with one attached hydrogen (secondary N) is 1. The normalized spacial score (nSPS) is 11.9. The fraction of sp³-hybridized carbons (Fsp3) is 0.385. The molecule has 1 unspecified atom stereocenters. The highest BCUT2D eigenvalue weighted by atomic mass is 16.5. The molecule has 1 amide bonds. The number of carboxylic acids is 1. The fourth-order valence-electron chi connectivity index (χ4n) is 1.56. The summed E-state index contributed by atoms with van der Waals surface area (Å²) in [5.41, 5.74) is 6.84. The van der Waals surface area contributed by atoms with Gasteiger partial charge in [0.1, 0.15) is 0 Å². The number of benzene rings is 1. The summed E-state index contributed by atoms with van der Waals surface area (Å²) >= 11 is 0. The molecule has 0 radical (unpaired) electrons. The zero-order valence-corrected chi connectivity index (χ0v) is 11.0. The van der Waals surface area contributed by atoms with E-state index in [0.29, 0.717) is 5.69 Å². The quantitative estimate of drug-likeness (QED) is 0.712. The minimum Gasteiger partial charge on any atom is -0.478 e. The average molecular weight is 266 g/mol. The van der Waals surface area contributed by atoms with Crippen molar-refractivity contribution in [2.24, 2.45) is 5.73 Å². The lowest BCUT2D eigenvalue weighted by Crippen LogP contribution is -2.28. The van der Waals surface area contributed by atoms with Crippen LogP contribution in [0.5, 0.6) is 0 Å². The maximum atomic E-state index is 11.8. The van der Waals surface area contributed by atoms with Crippen LogP contribution in [0.15, 0.2) is 18.2 Å². The predicted molar refractivity (Wildman–Crippen MR) is 71.2 cm³/mol. The maximum absolute atomic E-state index is 11.8. The Bertz CT molecular complexity index is 470. The van der Waals surface area contributed by atoms with Crippen molar-refractivity contribution >= 4 is 17.6 Å². The second-order valence-electron chi connectivity index (χ2n) is 4.18. The Morgan fingerprint density at radius 2 is 2.16 bits per heavy atom. The van der Waals surface area contributed by atoms with Gasteiger partial charge >= 0.3 is 5.97 Å². The first kappa shape index (κ1) is 15.1. The lowest BCUT2D eigenvalue weighted by atomic mass is 10.1. The van der Waals surface area contributed by atoms with Crippen LogP contribution in [0.1, 0.15) is 22.3 Å². The molecule has 104 valence electrons. The van der Waals surface area contributed by atoms with Gasteiger partial charge in [0.2, 0.25) is 5.91 Å². The van der Waals surface area contributed by atoms with Gasteiger partial charge in [-0.2, -0.15) is 0 Å².